The molecule has 1 saturated carbocycles. The molecule has 1 aliphatic carbocycles. The molecule has 1 atom stereocenters. The molecule has 31 heavy (non-hydrogen) atoms. The third kappa shape index (κ3) is 4.82. The highest BCUT2D eigenvalue weighted by Gasteiger charge is 2.33. The van der Waals surface area contributed by atoms with Crippen LogP contribution in [0.1, 0.15) is 24.4 Å². The van der Waals surface area contributed by atoms with E-state index in [9.17, 15) is 9.59 Å². The summed E-state index contributed by atoms with van der Waals surface area (Å²) in [5.74, 6) is 1.36. The molecular formula is C24H25N3O3S. The van der Waals surface area contributed by atoms with Gasteiger partial charge in [0.25, 0.3) is 5.56 Å². The first-order chi connectivity index (χ1) is 15.1. The summed E-state index contributed by atoms with van der Waals surface area (Å²) in [4.78, 5) is 30.2. The average molecular weight is 436 g/mol. The van der Waals surface area contributed by atoms with Crippen LogP contribution in [0.3, 0.4) is 0 Å². The van der Waals surface area contributed by atoms with Gasteiger partial charge in [0.1, 0.15) is 5.75 Å². The van der Waals surface area contributed by atoms with E-state index in [0.29, 0.717) is 28.5 Å². The highest BCUT2D eigenvalue weighted by atomic mass is 32.2. The van der Waals surface area contributed by atoms with Crippen LogP contribution < -0.4 is 15.6 Å². The lowest BCUT2D eigenvalue weighted by Gasteiger charge is -2.19. The zero-order valence-electron chi connectivity index (χ0n) is 17.4. The molecule has 2 aromatic carbocycles. The number of aromatic nitrogens is 2. The smallest absolute Gasteiger partial charge is 0.262 e. The monoisotopic (exact) mass is 435 g/mol. The number of para-hydroxylation sites is 1. The number of carbonyl (C=O) groups is 1. The standard InChI is InChI=1S/C24H25N3O3S/c1-3-14-27-23(29)19-6-4-5-7-20(19)25-24(27)31-15-21(28)26-22(16-8-9-16)17-10-12-18(30-2)13-11-17/h3-7,10-13,16,22H,1,8-9,14-15H2,2H3,(H,26,28). The third-order valence-electron chi connectivity index (χ3n) is 5.36. The van der Waals surface area contributed by atoms with Gasteiger partial charge in [0.2, 0.25) is 5.91 Å². The van der Waals surface area contributed by atoms with E-state index in [1.165, 1.54) is 11.8 Å². The molecule has 160 valence electrons. The van der Waals surface area contributed by atoms with Crippen LogP contribution in [0.5, 0.6) is 5.75 Å². The van der Waals surface area contributed by atoms with Crippen molar-refractivity contribution in [3.8, 4) is 5.75 Å². The Morgan fingerprint density at radius 1 is 1.29 bits per heavy atom. The van der Waals surface area contributed by atoms with Crippen LogP contribution in [0.2, 0.25) is 0 Å². The summed E-state index contributed by atoms with van der Waals surface area (Å²) in [5.41, 5.74) is 1.58. The number of nitrogens with one attached hydrogen (secondary N) is 1. The highest BCUT2D eigenvalue weighted by molar-refractivity contribution is 7.99. The minimum absolute atomic E-state index is 0.0149. The number of ether oxygens (including phenoxy) is 1. The van der Waals surface area contributed by atoms with Gasteiger partial charge in [-0.25, -0.2) is 4.98 Å². The highest BCUT2D eigenvalue weighted by Crippen LogP contribution is 2.41. The molecule has 1 amide bonds. The zero-order valence-corrected chi connectivity index (χ0v) is 18.2. The minimum atomic E-state index is -0.123. The van der Waals surface area contributed by atoms with Gasteiger partial charge in [-0.2, -0.15) is 0 Å². The SMILES string of the molecule is C=CCn1c(SCC(=O)NC(c2ccc(OC)cc2)C2CC2)nc2ccccc2c1=O. The van der Waals surface area contributed by atoms with Crippen molar-refractivity contribution >= 4 is 28.6 Å². The Kier molecular flexibility index (Phi) is 6.42. The molecule has 1 N–H and O–H groups in total. The van der Waals surface area contributed by atoms with Crippen molar-refractivity contribution in [3.05, 3.63) is 77.1 Å². The van der Waals surface area contributed by atoms with Gasteiger partial charge in [0.15, 0.2) is 5.16 Å². The molecule has 1 heterocycles. The number of benzene rings is 2. The quantitative estimate of drug-likeness (QED) is 0.313. The Balaban J connectivity index is 1.49. The Labute approximate surface area is 185 Å². The van der Waals surface area contributed by atoms with E-state index < -0.39 is 0 Å². The van der Waals surface area contributed by atoms with Gasteiger partial charge in [-0.15, -0.1) is 6.58 Å². The first-order valence-electron chi connectivity index (χ1n) is 10.3. The van der Waals surface area contributed by atoms with Gasteiger partial charge in [-0.05, 0) is 48.6 Å². The van der Waals surface area contributed by atoms with Crippen molar-refractivity contribution in [2.75, 3.05) is 12.9 Å². The summed E-state index contributed by atoms with van der Waals surface area (Å²) in [6.45, 7) is 4.08. The van der Waals surface area contributed by atoms with Gasteiger partial charge in [-0.1, -0.05) is 42.1 Å². The van der Waals surface area contributed by atoms with E-state index in [4.69, 9.17) is 4.74 Å². The molecule has 0 aliphatic heterocycles. The predicted molar refractivity (Wildman–Crippen MR) is 124 cm³/mol. The molecule has 0 saturated heterocycles. The Morgan fingerprint density at radius 2 is 2.03 bits per heavy atom. The fourth-order valence-corrected chi connectivity index (χ4v) is 4.43. The number of fused-ring (bicyclic) bond motifs is 1. The molecular weight excluding hydrogens is 410 g/mol. The van der Waals surface area contributed by atoms with Gasteiger partial charge < -0.3 is 10.1 Å². The second kappa shape index (κ2) is 9.39. The third-order valence-corrected chi connectivity index (χ3v) is 6.33. The molecule has 0 bridgehead atoms. The van der Waals surface area contributed by atoms with Gasteiger partial charge >= 0.3 is 0 Å². The number of nitrogens with zero attached hydrogens (tertiary/aromatic N) is 2. The predicted octanol–water partition coefficient (Wildman–Crippen LogP) is 3.95. The van der Waals surface area contributed by atoms with Crippen LogP contribution in [0, 0.1) is 5.92 Å². The van der Waals surface area contributed by atoms with Crippen LogP contribution in [-0.2, 0) is 11.3 Å². The first-order valence-corrected chi connectivity index (χ1v) is 11.3. The largest absolute Gasteiger partial charge is 0.497 e. The minimum Gasteiger partial charge on any atom is -0.497 e. The molecule has 0 radical (unpaired) electrons. The molecule has 4 rings (SSSR count). The maximum atomic E-state index is 12.8. The number of allylic oxidation sites excluding steroid dienone is 1. The summed E-state index contributed by atoms with van der Waals surface area (Å²) in [6.07, 6.45) is 3.87. The molecule has 6 nitrogen and oxygen atoms in total. The van der Waals surface area contributed by atoms with Crippen LogP contribution in [0.4, 0.5) is 0 Å². The number of hydrogen-bond donors (Lipinski definition) is 1. The van der Waals surface area contributed by atoms with E-state index in [1.54, 1.807) is 23.8 Å². The van der Waals surface area contributed by atoms with Crippen molar-refractivity contribution in [3.63, 3.8) is 0 Å². The lowest BCUT2D eigenvalue weighted by Crippen LogP contribution is -2.31. The normalized spacial score (nSPS) is 14.2. The molecule has 1 aliphatic rings. The van der Waals surface area contributed by atoms with Crippen molar-refractivity contribution < 1.29 is 9.53 Å². The Bertz CT molecular complexity index is 1150. The summed E-state index contributed by atoms with van der Waals surface area (Å²) in [7, 11) is 1.64. The Morgan fingerprint density at radius 3 is 2.71 bits per heavy atom. The van der Waals surface area contributed by atoms with Crippen molar-refractivity contribution in [2.24, 2.45) is 5.92 Å². The number of thioether (sulfide) groups is 1. The van der Waals surface area contributed by atoms with Crippen LogP contribution in [-0.4, -0.2) is 28.3 Å². The molecule has 1 fully saturated rings. The number of amides is 1. The van der Waals surface area contributed by atoms with E-state index in [1.807, 2.05) is 42.5 Å². The van der Waals surface area contributed by atoms with E-state index in [2.05, 4.69) is 16.9 Å². The van der Waals surface area contributed by atoms with E-state index in [-0.39, 0.29) is 23.3 Å². The lowest BCUT2D eigenvalue weighted by atomic mass is 10.0. The van der Waals surface area contributed by atoms with Crippen molar-refractivity contribution in [1.29, 1.82) is 0 Å². The maximum absolute atomic E-state index is 12.8. The fourth-order valence-electron chi connectivity index (χ4n) is 3.61. The first kappa shape index (κ1) is 21.2. The van der Waals surface area contributed by atoms with Crippen molar-refractivity contribution in [2.45, 2.75) is 30.6 Å². The van der Waals surface area contributed by atoms with Gasteiger partial charge in [0, 0.05) is 6.54 Å². The van der Waals surface area contributed by atoms with Crippen molar-refractivity contribution in [1.82, 2.24) is 14.9 Å². The van der Waals surface area contributed by atoms with Crippen LogP contribution in [0.15, 0.2) is 71.1 Å². The molecule has 0 spiro atoms. The maximum Gasteiger partial charge on any atom is 0.262 e. The molecule has 1 unspecified atom stereocenters. The van der Waals surface area contributed by atoms with E-state index >= 15 is 0 Å². The van der Waals surface area contributed by atoms with Gasteiger partial charge in [0.05, 0.1) is 29.8 Å². The number of carbonyl (C=O) groups excluding carboxylic acids is 1. The summed E-state index contributed by atoms with van der Waals surface area (Å²) in [6, 6.07) is 15.1. The second-order valence-electron chi connectivity index (χ2n) is 7.56. The summed E-state index contributed by atoms with van der Waals surface area (Å²) in [5, 5.41) is 4.25. The zero-order chi connectivity index (χ0) is 21.8. The topological polar surface area (TPSA) is 73.2 Å². The van der Waals surface area contributed by atoms with Crippen LogP contribution >= 0.6 is 11.8 Å². The van der Waals surface area contributed by atoms with E-state index in [0.717, 1.165) is 24.2 Å². The number of rotatable bonds is 9. The lowest BCUT2D eigenvalue weighted by molar-refractivity contribution is -0.119. The Hall–Kier alpha value is -3.06. The number of hydrogen-bond acceptors (Lipinski definition) is 5. The molecule has 1 aromatic heterocycles. The summed E-state index contributed by atoms with van der Waals surface area (Å²) >= 11 is 1.27. The fraction of sp³-hybridized carbons (Fsp3) is 0.292. The van der Waals surface area contributed by atoms with Crippen LogP contribution in [0.25, 0.3) is 10.9 Å². The molecule has 3 aromatic rings. The summed E-state index contributed by atoms with van der Waals surface area (Å²) < 4.78 is 6.80. The van der Waals surface area contributed by atoms with Gasteiger partial charge in [-0.3, -0.25) is 14.2 Å². The number of methoxy groups -OCH3 is 1. The second-order valence-corrected chi connectivity index (χ2v) is 8.50. The molecule has 7 heteroatoms. The average Bonchev–Trinajstić information content (AvgIpc) is 3.64.